The standard InChI is InChI=1S/C18H26N2O6S/c1-3-26-16-7-5-6-14(12-16)18(23)20(13-17(21)22)15-8-10-19(11-9-15)27(24,25)4-2/h5-7,12,15H,3-4,8-11,13H2,1-2H3,(H,21,22). The molecule has 0 aromatic heterocycles. The van der Waals surface area contributed by atoms with E-state index >= 15 is 0 Å². The molecule has 1 saturated heterocycles. The van der Waals surface area contributed by atoms with Gasteiger partial charge < -0.3 is 14.7 Å². The number of benzene rings is 1. The number of carboxylic acids is 1. The number of hydrogen-bond donors (Lipinski definition) is 1. The number of amides is 1. The second kappa shape index (κ2) is 9.18. The number of aliphatic carboxylic acids is 1. The average Bonchev–Trinajstić information content (AvgIpc) is 2.66. The number of carbonyl (C=O) groups excluding carboxylic acids is 1. The number of rotatable bonds is 8. The number of carbonyl (C=O) groups is 2. The maximum atomic E-state index is 12.9. The summed E-state index contributed by atoms with van der Waals surface area (Å²) in [6.45, 7) is 4.02. The molecule has 9 heteroatoms. The van der Waals surface area contributed by atoms with Gasteiger partial charge >= 0.3 is 5.97 Å². The highest BCUT2D eigenvalue weighted by Gasteiger charge is 2.33. The number of piperidine rings is 1. The minimum Gasteiger partial charge on any atom is -0.494 e. The molecule has 2 rings (SSSR count). The van der Waals surface area contributed by atoms with E-state index in [0.717, 1.165) is 0 Å². The molecular weight excluding hydrogens is 372 g/mol. The maximum absolute atomic E-state index is 12.9. The summed E-state index contributed by atoms with van der Waals surface area (Å²) in [5.74, 6) is -0.925. The highest BCUT2D eigenvalue weighted by atomic mass is 32.2. The van der Waals surface area contributed by atoms with Crippen LogP contribution in [0.5, 0.6) is 5.75 Å². The van der Waals surface area contributed by atoms with Crippen LogP contribution in [0.15, 0.2) is 24.3 Å². The van der Waals surface area contributed by atoms with Gasteiger partial charge in [-0.2, -0.15) is 0 Å². The van der Waals surface area contributed by atoms with Crippen molar-refractivity contribution >= 4 is 21.9 Å². The highest BCUT2D eigenvalue weighted by Crippen LogP contribution is 2.22. The quantitative estimate of drug-likeness (QED) is 0.710. The predicted molar refractivity (Wildman–Crippen MR) is 100 cm³/mol. The van der Waals surface area contributed by atoms with Crippen LogP contribution in [-0.2, 0) is 14.8 Å². The molecule has 0 unspecified atom stereocenters. The van der Waals surface area contributed by atoms with Crippen LogP contribution in [0, 0.1) is 0 Å². The SMILES string of the molecule is CCOc1cccc(C(=O)N(CC(=O)O)C2CCN(S(=O)(=O)CC)CC2)c1. The lowest BCUT2D eigenvalue weighted by Gasteiger charge is -2.37. The third-order valence-electron chi connectivity index (χ3n) is 4.58. The van der Waals surface area contributed by atoms with Crippen LogP contribution in [0.4, 0.5) is 0 Å². The van der Waals surface area contributed by atoms with Crippen molar-refractivity contribution in [2.75, 3.05) is 32.0 Å². The van der Waals surface area contributed by atoms with Crippen molar-refractivity contribution in [2.24, 2.45) is 0 Å². The molecule has 1 aromatic rings. The highest BCUT2D eigenvalue weighted by molar-refractivity contribution is 7.89. The fourth-order valence-corrected chi connectivity index (χ4v) is 4.31. The van der Waals surface area contributed by atoms with E-state index < -0.39 is 28.4 Å². The zero-order valence-corrected chi connectivity index (χ0v) is 16.4. The molecule has 1 fully saturated rings. The van der Waals surface area contributed by atoms with Crippen LogP contribution in [-0.4, -0.2) is 72.6 Å². The van der Waals surface area contributed by atoms with E-state index in [1.165, 1.54) is 9.21 Å². The first-order chi connectivity index (χ1) is 12.8. The van der Waals surface area contributed by atoms with E-state index in [-0.39, 0.29) is 24.9 Å². The van der Waals surface area contributed by atoms with E-state index in [1.807, 2.05) is 6.92 Å². The van der Waals surface area contributed by atoms with Crippen molar-refractivity contribution in [1.82, 2.24) is 9.21 Å². The largest absolute Gasteiger partial charge is 0.494 e. The van der Waals surface area contributed by atoms with Crippen molar-refractivity contribution < 1.29 is 27.9 Å². The van der Waals surface area contributed by atoms with Crippen molar-refractivity contribution in [2.45, 2.75) is 32.7 Å². The Labute approximate surface area is 159 Å². The Bertz CT molecular complexity index is 772. The molecule has 1 heterocycles. The van der Waals surface area contributed by atoms with Crippen molar-refractivity contribution in [3.05, 3.63) is 29.8 Å². The summed E-state index contributed by atoms with van der Waals surface area (Å²) in [7, 11) is -3.28. The minimum atomic E-state index is -3.28. The average molecular weight is 398 g/mol. The van der Waals surface area contributed by atoms with Crippen molar-refractivity contribution in [1.29, 1.82) is 0 Å². The second-order valence-corrected chi connectivity index (χ2v) is 8.58. The molecule has 27 heavy (non-hydrogen) atoms. The molecular formula is C18H26N2O6S. The summed E-state index contributed by atoms with van der Waals surface area (Å²) in [6.07, 6.45) is 0.812. The van der Waals surface area contributed by atoms with Gasteiger partial charge in [0, 0.05) is 24.7 Å². The minimum absolute atomic E-state index is 0.0274. The molecule has 0 bridgehead atoms. The smallest absolute Gasteiger partial charge is 0.323 e. The van der Waals surface area contributed by atoms with Gasteiger partial charge in [-0.3, -0.25) is 9.59 Å². The van der Waals surface area contributed by atoms with Crippen LogP contribution in [0.25, 0.3) is 0 Å². The fraction of sp³-hybridized carbons (Fsp3) is 0.556. The van der Waals surface area contributed by atoms with Crippen LogP contribution < -0.4 is 4.74 Å². The Hall–Kier alpha value is -2.13. The zero-order chi connectivity index (χ0) is 20.0. The summed E-state index contributed by atoms with van der Waals surface area (Å²) in [5.41, 5.74) is 0.353. The predicted octanol–water partition coefficient (Wildman–Crippen LogP) is 1.43. The van der Waals surface area contributed by atoms with Crippen LogP contribution in [0.3, 0.4) is 0 Å². The lowest BCUT2D eigenvalue weighted by Crippen LogP contribution is -2.50. The summed E-state index contributed by atoms with van der Waals surface area (Å²) >= 11 is 0. The van der Waals surface area contributed by atoms with E-state index in [1.54, 1.807) is 31.2 Å². The summed E-state index contributed by atoms with van der Waals surface area (Å²) < 4.78 is 30.8. The number of hydrogen-bond acceptors (Lipinski definition) is 5. The Morgan fingerprint density at radius 2 is 1.93 bits per heavy atom. The van der Waals surface area contributed by atoms with Crippen molar-refractivity contribution in [3.63, 3.8) is 0 Å². The van der Waals surface area contributed by atoms with Gasteiger partial charge in [0.15, 0.2) is 0 Å². The van der Waals surface area contributed by atoms with Crippen LogP contribution in [0.1, 0.15) is 37.0 Å². The Kier molecular flexibility index (Phi) is 7.20. The third-order valence-corrected chi connectivity index (χ3v) is 6.46. The molecule has 1 aliphatic rings. The van der Waals surface area contributed by atoms with E-state index in [4.69, 9.17) is 4.74 Å². The summed E-state index contributed by atoms with van der Waals surface area (Å²) in [6, 6.07) is 6.31. The molecule has 0 spiro atoms. The normalized spacial score (nSPS) is 16.1. The zero-order valence-electron chi connectivity index (χ0n) is 15.6. The molecule has 1 aromatic carbocycles. The molecule has 1 aliphatic heterocycles. The molecule has 150 valence electrons. The monoisotopic (exact) mass is 398 g/mol. The molecule has 8 nitrogen and oxygen atoms in total. The van der Waals surface area contributed by atoms with Gasteiger partial charge in [0.1, 0.15) is 12.3 Å². The summed E-state index contributed by atoms with van der Waals surface area (Å²) in [4.78, 5) is 25.6. The number of carboxylic acid groups (broad SMARTS) is 1. The van der Waals surface area contributed by atoms with Gasteiger partial charge in [-0.25, -0.2) is 12.7 Å². The van der Waals surface area contributed by atoms with Gasteiger partial charge in [-0.1, -0.05) is 6.07 Å². The molecule has 0 saturated carbocycles. The Morgan fingerprint density at radius 1 is 1.26 bits per heavy atom. The Balaban J connectivity index is 2.17. The van der Waals surface area contributed by atoms with Gasteiger partial charge in [-0.15, -0.1) is 0 Å². The second-order valence-electron chi connectivity index (χ2n) is 6.32. The topological polar surface area (TPSA) is 104 Å². The Morgan fingerprint density at radius 3 is 2.48 bits per heavy atom. The number of ether oxygens (including phenoxy) is 1. The van der Waals surface area contributed by atoms with Gasteiger partial charge in [0.25, 0.3) is 5.91 Å². The molecule has 0 atom stereocenters. The van der Waals surface area contributed by atoms with Gasteiger partial charge in [0.05, 0.1) is 12.4 Å². The molecule has 0 radical (unpaired) electrons. The van der Waals surface area contributed by atoms with Gasteiger partial charge in [0.2, 0.25) is 10.0 Å². The third kappa shape index (κ3) is 5.43. The van der Waals surface area contributed by atoms with Gasteiger partial charge in [-0.05, 0) is 44.9 Å². The molecule has 1 amide bonds. The van der Waals surface area contributed by atoms with Crippen LogP contribution in [0.2, 0.25) is 0 Å². The first-order valence-electron chi connectivity index (χ1n) is 9.02. The first-order valence-corrected chi connectivity index (χ1v) is 10.6. The number of sulfonamides is 1. The lowest BCUT2D eigenvalue weighted by molar-refractivity contribution is -0.138. The summed E-state index contributed by atoms with van der Waals surface area (Å²) in [5, 5.41) is 9.24. The van der Waals surface area contributed by atoms with E-state index in [9.17, 15) is 23.1 Å². The maximum Gasteiger partial charge on any atom is 0.323 e. The first kappa shape index (κ1) is 21.2. The molecule has 0 aliphatic carbocycles. The lowest BCUT2D eigenvalue weighted by atomic mass is 10.0. The van der Waals surface area contributed by atoms with E-state index in [2.05, 4.69) is 0 Å². The molecule has 1 N–H and O–H groups in total. The van der Waals surface area contributed by atoms with E-state index in [0.29, 0.717) is 30.8 Å². The van der Waals surface area contributed by atoms with Crippen LogP contribution >= 0.6 is 0 Å². The number of nitrogens with zero attached hydrogens (tertiary/aromatic N) is 2. The van der Waals surface area contributed by atoms with Crippen molar-refractivity contribution in [3.8, 4) is 5.75 Å². The fourth-order valence-electron chi connectivity index (χ4n) is 3.18.